The fraction of sp³-hybridized carbons (Fsp3) is 0.692. The average molecular weight is 303 g/mol. The molecule has 0 saturated heterocycles. The molecule has 0 radical (unpaired) electrons. The monoisotopic (exact) mass is 303 g/mol. The van der Waals surface area contributed by atoms with Crippen LogP contribution in [0.4, 0.5) is 0 Å². The van der Waals surface area contributed by atoms with Crippen LogP contribution in [0.2, 0.25) is 0 Å². The van der Waals surface area contributed by atoms with E-state index in [9.17, 15) is 13.5 Å². The van der Waals surface area contributed by atoms with Crippen LogP contribution in [0, 0.1) is 5.92 Å². The lowest BCUT2D eigenvalue weighted by Gasteiger charge is -2.26. The fourth-order valence-electron chi connectivity index (χ4n) is 2.30. The highest BCUT2D eigenvalue weighted by Gasteiger charge is 2.26. The van der Waals surface area contributed by atoms with Gasteiger partial charge in [0.05, 0.1) is 11.9 Å². The van der Waals surface area contributed by atoms with Crippen LogP contribution in [0.3, 0.4) is 0 Å². The molecule has 6 heteroatoms. The van der Waals surface area contributed by atoms with Crippen LogP contribution in [0.1, 0.15) is 43.6 Å². The summed E-state index contributed by atoms with van der Waals surface area (Å²) in [4.78, 5) is 0.880. The van der Waals surface area contributed by atoms with Crippen molar-refractivity contribution in [2.24, 2.45) is 5.92 Å². The first-order valence-corrected chi connectivity index (χ1v) is 9.21. The van der Waals surface area contributed by atoms with Crippen molar-refractivity contribution in [3.63, 3.8) is 0 Å². The number of hydrogen-bond donors (Lipinski definition) is 2. The van der Waals surface area contributed by atoms with Gasteiger partial charge in [0.2, 0.25) is 10.0 Å². The molecule has 0 amide bonds. The lowest BCUT2D eigenvalue weighted by Crippen LogP contribution is -2.38. The summed E-state index contributed by atoms with van der Waals surface area (Å²) in [6, 6.07) is 3.50. The fourth-order valence-corrected chi connectivity index (χ4v) is 4.79. The molecule has 4 nitrogen and oxygen atoms in total. The van der Waals surface area contributed by atoms with Gasteiger partial charge in [0.1, 0.15) is 0 Å². The van der Waals surface area contributed by atoms with Crippen molar-refractivity contribution in [3.8, 4) is 0 Å². The highest BCUT2D eigenvalue weighted by molar-refractivity contribution is 7.89. The standard InChI is InChI=1S/C13H21NO3S2/c1-10(8-12(15)13-6-3-7-18-13)14-19(16,17)9-11-4-2-5-11/h3,6-7,10-12,14-15H,2,4-5,8-9H2,1H3. The maximum Gasteiger partial charge on any atom is 0.212 e. The Morgan fingerprint density at radius 2 is 2.26 bits per heavy atom. The Morgan fingerprint density at radius 1 is 1.53 bits per heavy atom. The van der Waals surface area contributed by atoms with Crippen molar-refractivity contribution in [1.29, 1.82) is 0 Å². The molecule has 1 aliphatic rings. The molecule has 19 heavy (non-hydrogen) atoms. The van der Waals surface area contributed by atoms with Gasteiger partial charge < -0.3 is 5.11 Å². The average Bonchev–Trinajstić information content (AvgIpc) is 2.76. The van der Waals surface area contributed by atoms with E-state index in [2.05, 4.69) is 4.72 Å². The van der Waals surface area contributed by atoms with Crippen LogP contribution in [0.15, 0.2) is 17.5 Å². The second-order valence-electron chi connectivity index (χ2n) is 5.36. The van der Waals surface area contributed by atoms with Crippen LogP contribution < -0.4 is 4.72 Å². The number of thiophene rings is 1. The Labute approximate surface area is 118 Å². The van der Waals surface area contributed by atoms with Crippen LogP contribution >= 0.6 is 11.3 Å². The lowest BCUT2D eigenvalue weighted by molar-refractivity contribution is 0.161. The minimum Gasteiger partial charge on any atom is -0.388 e. The summed E-state index contributed by atoms with van der Waals surface area (Å²) in [6.07, 6.45) is 3.00. The summed E-state index contributed by atoms with van der Waals surface area (Å²) in [5.41, 5.74) is 0. The molecule has 2 rings (SSSR count). The van der Waals surface area contributed by atoms with Crippen molar-refractivity contribution in [3.05, 3.63) is 22.4 Å². The smallest absolute Gasteiger partial charge is 0.212 e. The first-order chi connectivity index (χ1) is 8.96. The van der Waals surface area contributed by atoms with Gasteiger partial charge in [0.25, 0.3) is 0 Å². The predicted molar refractivity (Wildman–Crippen MR) is 77.6 cm³/mol. The molecule has 2 atom stereocenters. The van der Waals surface area contributed by atoms with Gasteiger partial charge in [-0.05, 0) is 43.6 Å². The molecule has 1 aliphatic carbocycles. The van der Waals surface area contributed by atoms with E-state index in [4.69, 9.17) is 0 Å². The Bertz CT molecular complexity index is 480. The highest BCUT2D eigenvalue weighted by Crippen LogP contribution is 2.28. The lowest BCUT2D eigenvalue weighted by atomic mass is 9.87. The summed E-state index contributed by atoms with van der Waals surface area (Å²) < 4.78 is 26.5. The van der Waals surface area contributed by atoms with Gasteiger partial charge in [-0.3, -0.25) is 0 Å². The van der Waals surface area contributed by atoms with Crippen LogP contribution in [-0.4, -0.2) is 25.3 Å². The molecule has 1 aromatic rings. The molecule has 0 bridgehead atoms. The molecular formula is C13H21NO3S2. The third-order valence-corrected chi connectivity index (χ3v) is 6.15. The van der Waals surface area contributed by atoms with Gasteiger partial charge in [-0.1, -0.05) is 12.5 Å². The van der Waals surface area contributed by atoms with Crippen molar-refractivity contribution < 1.29 is 13.5 Å². The third-order valence-electron chi connectivity index (χ3n) is 3.51. The van der Waals surface area contributed by atoms with E-state index < -0.39 is 16.1 Å². The minimum atomic E-state index is -3.21. The zero-order chi connectivity index (χ0) is 13.9. The van der Waals surface area contributed by atoms with Gasteiger partial charge in [-0.2, -0.15) is 0 Å². The topological polar surface area (TPSA) is 66.4 Å². The van der Waals surface area contributed by atoms with Crippen molar-refractivity contribution in [2.75, 3.05) is 5.75 Å². The van der Waals surface area contributed by atoms with Crippen molar-refractivity contribution in [2.45, 2.75) is 44.8 Å². The summed E-state index contributed by atoms with van der Waals surface area (Å²) in [7, 11) is -3.21. The Morgan fingerprint density at radius 3 is 2.79 bits per heavy atom. The van der Waals surface area contributed by atoms with Crippen LogP contribution in [-0.2, 0) is 10.0 Å². The Balaban J connectivity index is 1.81. The molecule has 0 aromatic carbocycles. The minimum absolute atomic E-state index is 0.229. The maximum atomic E-state index is 11.9. The maximum absolute atomic E-state index is 11.9. The van der Waals surface area contributed by atoms with Gasteiger partial charge >= 0.3 is 0 Å². The zero-order valence-corrected chi connectivity index (χ0v) is 12.7. The van der Waals surface area contributed by atoms with E-state index in [0.29, 0.717) is 12.3 Å². The summed E-state index contributed by atoms with van der Waals surface area (Å²) in [5.74, 6) is 0.554. The largest absolute Gasteiger partial charge is 0.388 e. The van der Waals surface area contributed by atoms with E-state index in [1.54, 1.807) is 6.92 Å². The zero-order valence-electron chi connectivity index (χ0n) is 11.1. The Kier molecular flexibility index (Phi) is 5.00. The van der Waals surface area contributed by atoms with Crippen LogP contribution in [0.25, 0.3) is 0 Å². The van der Waals surface area contributed by atoms with Crippen LogP contribution in [0.5, 0.6) is 0 Å². The van der Waals surface area contributed by atoms with Gasteiger partial charge in [-0.15, -0.1) is 11.3 Å². The number of sulfonamides is 1. The summed E-state index contributed by atoms with van der Waals surface area (Å²) >= 11 is 1.49. The molecule has 2 unspecified atom stereocenters. The molecule has 2 N–H and O–H groups in total. The van der Waals surface area contributed by atoms with Crippen molar-refractivity contribution in [1.82, 2.24) is 4.72 Å². The van der Waals surface area contributed by atoms with E-state index in [1.807, 2.05) is 17.5 Å². The molecule has 108 valence electrons. The second-order valence-corrected chi connectivity index (χ2v) is 8.14. The van der Waals surface area contributed by atoms with Gasteiger partial charge in [0, 0.05) is 10.9 Å². The highest BCUT2D eigenvalue weighted by atomic mass is 32.2. The second kappa shape index (κ2) is 6.35. The van der Waals surface area contributed by atoms with E-state index in [1.165, 1.54) is 11.3 Å². The molecular weight excluding hydrogens is 282 g/mol. The third kappa shape index (κ3) is 4.56. The van der Waals surface area contributed by atoms with Crippen molar-refractivity contribution >= 4 is 21.4 Å². The summed E-state index contributed by atoms with van der Waals surface area (Å²) in [5, 5.41) is 11.9. The predicted octanol–water partition coefficient (Wildman–Crippen LogP) is 2.28. The molecule has 0 aliphatic heterocycles. The normalized spacial score (nSPS) is 19.9. The first-order valence-electron chi connectivity index (χ1n) is 6.68. The summed E-state index contributed by atoms with van der Waals surface area (Å²) in [6.45, 7) is 1.80. The quantitative estimate of drug-likeness (QED) is 0.812. The SMILES string of the molecule is CC(CC(O)c1cccs1)NS(=O)(=O)CC1CCC1. The van der Waals surface area contributed by atoms with E-state index in [0.717, 1.165) is 24.1 Å². The number of aliphatic hydroxyl groups excluding tert-OH is 1. The number of rotatable bonds is 7. The molecule has 1 saturated carbocycles. The molecule has 1 heterocycles. The molecule has 1 aromatic heterocycles. The molecule has 0 spiro atoms. The number of nitrogens with one attached hydrogen (secondary N) is 1. The van der Waals surface area contributed by atoms with Gasteiger partial charge in [-0.25, -0.2) is 13.1 Å². The van der Waals surface area contributed by atoms with Gasteiger partial charge in [0.15, 0.2) is 0 Å². The van der Waals surface area contributed by atoms with E-state index >= 15 is 0 Å². The Hall–Kier alpha value is -0.430. The molecule has 1 fully saturated rings. The number of aliphatic hydroxyl groups is 1. The first kappa shape index (κ1) is 15.0. The van der Waals surface area contributed by atoms with E-state index in [-0.39, 0.29) is 11.8 Å². The number of hydrogen-bond acceptors (Lipinski definition) is 4.